The maximum Gasteiger partial charge on any atom is 0.237 e. The molecule has 2 aromatic carbocycles. The Labute approximate surface area is 146 Å². The molecule has 0 spiro atoms. The fourth-order valence-electron chi connectivity index (χ4n) is 2.72. The molecule has 0 aromatic heterocycles. The van der Waals surface area contributed by atoms with E-state index in [0.717, 1.165) is 23.5 Å². The van der Waals surface area contributed by atoms with Crippen molar-refractivity contribution in [1.82, 2.24) is 0 Å². The lowest BCUT2D eigenvalue weighted by Gasteiger charge is -2.18. The van der Waals surface area contributed by atoms with Crippen LogP contribution >= 0.6 is 0 Å². The minimum atomic E-state index is -0.500. The summed E-state index contributed by atoms with van der Waals surface area (Å²) in [7, 11) is 3.67. The minimum Gasteiger partial charge on any atom is -0.383 e. The summed E-state index contributed by atoms with van der Waals surface area (Å²) in [6.07, 6.45) is 1.60. The lowest BCUT2D eigenvalue weighted by molar-refractivity contribution is -0.115. The highest BCUT2D eigenvalue weighted by molar-refractivity contribution is 6.12. The number of hydrogen-bond acceptors (Lipinski definition) is 4. The molecule has 1 atom stereocenters. The number of amides is 1. The summed E-state index contributed by atoms with van der Waals surface area (Å²) in [5.41, 5.74) is 3.07. The normalized spacial score (nSPS) is 16.1. The molecule has 130 valence electrons. The molecule has 5 nitrogen and oxygen atoms in total. The van der Waals surface area contributed by atoms with Crippen LogP contribution in [0, 0.1) is 5.82 Å². The Morgan fingerprint density at radius 2 is 2.04 bits per heavy atom. The van der Waals surface area contributed by atoms with Gasteiger partial charge in [0, 0.05) is 38.3 Å². The molecule has 1 N–H and O–H groups in total. The third-order valence-electron chi connectivity index (χ3n) is 4.18. The number of likely N-dealkylation sites (N-methyl/N-ethyl adjacent to an activating group) is 1. The average Bonchev–Trinajstić information content (AvgIpc) is 2.92. The van der Waals surface area contributed by atoms with Crippen molar-refractivity contribution in [1.29, 1.82) is 0 Å². The molecule has 0 radical (unpaired) electrons. The highest BCUT2D eigenvalue weighted by Crippen LogP contribution is 2.32. The van der Waals surface area contributed by atoms with Gasteiger partial charge < -0.3 is 15.0 Å². The van der Waals surface area contributed by atoms with E-state index in [0.29, 0.717) is 12.3 Å². The Hall–Kier alpha value is -2.73. The molecule has 1 heterocycles. The Kier molecular flexibility index (Phi) is 5.09. The summed E-state index contributed by atoms with van der Waals surface area (Å²) in [5.74, 6) is -1.07. The molecule has 1 amide bonds. The molecule has 1 unspecified atom stereocenters. The second-order valence-electron chi connectivity index (χ2n) is 5.91. The van der Waals surface area contributed by atoms with Crippen molar-refractivity contribution in [2.75, 3.05) is 37.5 Å². The molecular weight excluding hydrogens is 321 g/mol. The monoisotopic (exact) mass is 341 g/mol. The zero-order valence-electron chi connectivity index (χ0n) is 14.2. The van der Waals surface area contributed by atoms with Crippen LogP contribution in [0.15, 0.2) is 47.5 Å². The Morgan fingerprint density at radius 3 is 2.76 bits per heavy atom. The van der Waals surface area contributed by atoms with Crippen molar-refractivity contribution in [2.24, 2.45) is 4.99 Å². The van der Waals surface area contributed by atoms with Gasteiger partial charge in [-0.2, -0.15) is 0 Å². The molecule has 0 fully saturated rings. The molecule has 1 aliphatic heterocycles. The first-order valence-electron chi connectivity index (χ1n) is 8.03. The summed E-state index contributed by atoms with van der Waals surface area (Å²) in [6.45, 7) is 1.46. The maximum absolute atomic E-state index is 13.3. The SMILES string of the molecule is COCCN(C)c1ccc(N=CC2C(=O)Nc3cc(F)ccc32)cc1. The topological polar surface area (TPSA) is 53.9 Å². The number of rotatable bonds is 6. The standard InChI is InChI=1S/C19H20FN3O2/c1-23(9-10-25-2)15-6-4-14(5-7-15)21-12-17-16-8-3-13(20)11-18(16)22-19(17)24/h3-8,11-12,17H,9-10H2,1-2H3,(H,22,24). The van der Waals surface area contributed by atoms with Gasteiger partial charge in [0.15, 0.2) is 0 Å². The molecule has 0 saturated carbocycles. The van der Waals surface area contributed by atoms with Gasteiger partial charge in [-0.1, -0.05) is 6.07 Å². The number of carbonyl (C=O) groups excluding carboxylic acids is 1. The second kappa shape index (κ2) is 7.44. The van der Waals surface area contributed by atoms with Crippen LogP contribution < -0.4 is 10.2 Å². The summed E-state index contributed by atoms with van der Waals surface area (Å²) < 4.78 is 18.3. The first-order valence-corrected chi connectivity index (χ1v) is 8.03. The van der Waals surface area contributed by atoms with Gasteiger partial charge in [0.25, 0.3) is 0 Å². The van der Waals surface area contributed by atoms with Gasteiger partial charge in [0.1, 0.15) is 11.7 Å². The highest BCUT2D eigenvalue weighted by Gasteiger charge is 2.29. The Bertz CT molecular complexity index is 790. The highest BCUT2D eigenvalue weighted by atomic mass is 19.1. The number of anilines is 2. The van der Waals surface area contributed by atoms with E-state index in [1.54, 1.807) is 19.4 Å². The van der Waals surface area contributed by atoms with Crippen molar-refractivity contribution >= 4 is 29.2 Å². The van der Waals surface area contributed by atoms with Crippen LogP contribution in [0.5, 0.6) is 0 Å². The largest absolute Gasteiger partial charge is 0.383 e. The molecular formula is C19H20FN3O2. The average molecular weight is 341 g/mol. The zero-order chi connectivity index (χ0) is 17.8. The molecule has 1 aliphatic rings. The zero-order valence-corrected chi connectivity index (χ0v) is 14.2. The number of benzene rings is 2. The fraction of sp³-hybridized carbons (Fsp3) is 0.263. The van der Waals surface area contributed by atoms with Gasteiger partial charge in [-0.05, 0) is 42.0 Å². The lowest BCUT2D eigenvalue weighted by atomic mass is 10.0. The van der Waals surface area contributed by atoms with Gasteiger partial charge >= 0.3 is 0 Å². The number of nitrogens with zero attached hydrogens (tertiary/aromatic N) is 2. The molecule has 0 bridgehead atoms. The minimum absolute atomic E-state index is 0.194. The number of halogens is 1. The summed E-state index contributed by atoms with van der Waals surface area (Å²) >= 11 is 0. The number of hydrogen-bond donors (Lipinski definition) is 1. The van der Waals surface area contributed by atoms with Crippen LogP contribution in [0.3, 0.4) is 0 Å². The predicted molar refractivity (Wildman–Crippen MR) is 97.5 cm³/mol. The molecule has 3 rings (SSSR count). The fourth-order valence-corrected chi connectivity index (χ4v) is 2.72. The number of ether oxygens (including phenoxy) is 1. The van der Waals surface area contributed by atoms with Gasteiger partial charge in [-0.3, -0.25) is 9.79 Å². The first kappa shape index (κ1) is 17.1. The Morgan fingerprint density at radius 1 is 1.28 bits per heavy atom. The smallest absolute Gasteiger partial charge is 0.237 e. The van der Waals surface area contributed by atoms with Crippen molar-refractivity contribution in [3.63, 3.8) is 0 Å². The lowest BCUT2D eigenvalue weighted by Crippen LogP contribution is -2.21. The summed E-state index contributed by atoms with van der Waals surface area (Å²) in [5, 5.41) is 2.68. The van der Waals surface area contributed by atoms with Crippen LogP contribution in [-0.2, 0) is 9.53 Å². The predicted octanol–water partition coefficient (Wildman–Crippen LogP) is 3.35. The Balaban J connectivity index is 1.71. The van der Waals surface area contributed by atoms with E-state index in [1.807, 2.05) is 31.3 Å². The van der Waals surface area contributed by atoms with E-state index in [-0.39, 0.29) is 11.7 Å². The van der Waals surface area contributed by atoms with Gasteiger partial charge in [0.05, 0.1) is 12.3 Å². The van der Waals surface area contributed by atoms with Gasteiger partial charge in [0.2, 0.25) is 5.91 Å². The number of aliphatic imine (C=N–C) groups is 1. The van der Waals surface area contributed by atoms with Crippen molar-refractivity contribution in [2.45, 2.75) is 5.92 Å². The molecule has 25 heavy (non-hydrogen) atoms. The van der Waals surface area contributed by atoms with Crippen LogP contribution in [-0.4, -0.2) is 39.4 Å². The molecule has 0 saturated heterocycles. The van der Waals surface area contributed by atoms with E-state index in [2.05, 4.69) is 15.2 Å². The maximum atomic E-state index is 13.3. The van der Waals surface area contributed by atoms with Gasteiger partial charge in [-0.25, -0.2) is 4.39 Å². The van der Waals surface area contributed by atoms with E-state index in [9.17, 15) is 9.18 Å². The van der Waals surface area contributed by atoms with E-state index >= 15 is 0 Å². The second-order valence-corrected chi connectivity index (χ2v) is 5.91. The third kappa shape index (κ3) is 3.85. The molecule has 6 heteroatoms. The van der Waals surface area contributed by atoms with Crippen molar-refractivity contribution in [3.05, 3.63) is 53.8 Å². The number of carbonyl (C=O) groups is 1. The number of methoxy groups -OCH3 is 1. The van der Waals surface area contributed by atoms with E-state index in [4.69, 9.17) is 4.74 Å². The quantitative estimate of drug-likeness (QED) is 0.820. The third-order valence-corrected chi connectivity index (χ3v) is 4.18. The summed E-state index contributed by atoms with van der Waals surface area (Å²) in [6, 6.07) is 12.0. The number of nitrogens with one attached hydrogen (secondary N) is 1. The van der Waals surface area contributed by atoms with Crippen LogP contribution in [0.1, 0.15) is 11.5 Å². The van der Waals surface area contributed by atoms with Crippen LogP contribution in [0.4, 0.5) is 21.5 Å². The molecule has 0 aliphatic carbocycles. The van der Waals surface area contributed by atoms with Crippen molar-refractivity contribution < 1.29 is 13.9 Å². The number of fused-ring (bicyclic) bond motifs is 1. The van der Waals surface area contributed by atoms with Crippen LogP contribution in [0.2, 0.25) is 0 Å². The van der Waals surface area contributed by atoms with Crippen molar-refractivity contribution in [3.8, 4) is 0 Å². The molecule has 2 aromatic rings. The van der Waals surface area contributed by atoms with E-state index in [1.165, 1.54) is 12.1 Å². The van der Waals surface area contributed by atoms with E-state index < -0.39 is 5.92 Å². The summed E-state index contributed by atoms with van der Waals surface area (Å²) in [4.78, 5) is 18.6. The first-order chi connectivity index (χ1) is 12.1. The van der Waals surface area contributed by atoms with Gasteiger partial charge in [-0.15, -0.1) is 0 Å². The van der Waals surface area contributed by atoms with Crippen LogP contribution in [0.25, 0.3) is 0 Å².